The van der Waals surface area contributed by atoms with E-state index in [-0.39, 0.29) is 30.3 Å². The molecule has 1 aliphatic carbocycles. The largest absolute Gasteiger partial charge is 0.394 e. The zero-order chi connectivity index (χ0) is 12.9. The third-order valence-electron chi connectivity index (χ3n) is 4.06. The number of benzene rings is 1. The number of rotatable bonds is 3. The molecule has 1 N–H and O–H groups in total. The van der Waals surface area contributed by atoms with Crippen LogP contribution in [0.25, 0.3) is 0 Å². The molecular weight excluding hydrogens is 230 g/mol. The first-order chi connectivity index (χ1) is 8.59. The summed E-state index contributed by atoms with van der Waals surface area (Å²) in [4.78, 5) is 25.5. The van der Waals surface area contributed by atoms with Crippen LogP contribution < -0.4 is 0 Å². The van der Waals surface area contributed by atoms with Crippen LogP contribution in [0.5, 0.6) is 0 Å². The number of likely N-dealkylation sites (tertiary alicyclic amines) is 1. The lowest BCUT2D eigenvalue weighted by atomic mass is 9.90. The van der Waals surface area contributed by atoms with E-state index in [1.807, 2.05) is 30.3 Å². The van der Waals surface area contributed by atoms with Crippen LogP contribution in [0.1, 0.15) is 18.9 Å². The number of aliphatic hydroxyl groups excluding tert-OH is 1. The Balaban J connectivity index is 2.02. The maximum Gasteiger partial charge on any atom is 0.233 e. The van der Waals surface area contributed by atoms with Crippen molar-refractivity contribution >= 4 is 11.8 Å². The summed E-state index contributed by atoms with van der Waals surface area (Å²) in [6.07, 6.45) is 0.685. The minimum atomic E-state index is -0.942. The molecule has 4 nitrogen and oxygen atoms in total. The van der Waals surface area contributed by atoms with Crippen LogP contribution in [0.2, 0.25) is 0 Å². The van der Waals surface area contributed by atoms with Crippen LogP contribution in [0.3, 0.4) is 0 Å². The van der Waals surface area contributed by atoms with Crippen LogP contribution in [-0.2, 0) is 15.1 Å². The number of aliphatic hydroxyl groups is 1. The molecule has 1 saturated carbocycles. The molecular formula is C14H15NO3. The van der Waals surface area contributed by atoms with Crippen molar-refractivity contribution in [1.82, 2.24) is 4.90 Å². The maximum atomic E-state index is 12.1. The molecule has 1 heterocycles. The highest BCUT2D eigenvalue weighted by molar-refractivity contribution is 6.09. The molecule has 3 unspecified atom stereocenters. The number of hydrogen-bond donors (Lipinski definition) is 1. The second-order valence-electron chi connectivity index (χ2n) is 5.26. The van der Waals surface area contributed by atoms with E-state index < -0.39 is 5.54 Å². The molecule has 0 bridgehead atoms. The van der Waals surface area contributed by atoms with E-state index in [0.29, 0.717) is 6.42 Å². The zero-order valence-electron chi connectivity index (χ0n) is 10.2. The molecule has 4 heteroatoms. The fourth-order valence-corrected chi connectivity index (χ4v) is 2.76. The molecule has 1 aromatic rings. The van der Waals surface area contributed by atoms with Crippen molar-refractivity contribution in [3.8, 4) is 0 Å². The summed E-state index contributed by atoms with van der Waals surface area (Å²) < 4.78 is 0. The highest BCUT2D eigenvalue weighted by Crippen LogP contribution is 2.50. The second-order valence-corrected chi connectivity index (χ2v) is 5.26. The smallest absolute Gasteiger partial charge is 0.233 e. The van der Waals surface area contributed by atoms with Crippen molar-refractivity contribution in [2.45, 2.75) is 18.9 Å². The van der Waals surface area contributed by atoms with Gasteiger partial charge >= 0.3 is 0 Å². The quantitative estimate of drug-likeness (QED) is 0.805. The van der Waals surface area contributed by atoms with E-state index in [1.54, 1.807) is 6.92 Å². The van der Waals surface area contributed by atoms with Crippen molar-refractivity contribution in [2.75, 3.05) is 6.61 Å². The Labute approximate surface area is 105 Å². The van der Waals surface area contributed by atoms with Crippen LogP contribution >= 0.6 is 0 Å². The van der Waals surface area contributed by atoms with Gasteiger partial charge in [-0.3, -0.25) is 14.5 Å². The Bertz CT molecular complexity index is 493. The van der Waals surface area contributed by atoms with Gasteiger partial charge in [0.05, 0.1) is 24.0 Å². The van der Waals surface area contributed by atoms with E-state index in [2.05, 4.69) is 0 Å². The molecule has 3 atom stereocenters. The zero-order valence-corrected chi connectivity index (χ0v) is 10.2. The van der Waals surface area contributed by atoms with E-state index in [9.17, 15) is 14.7 Å². The molecule has 1 aliphatic heterocycles. The van der Waals surface area contributed by atoms with Crippen molar-refractivity contribution < 1.29 is 14.7 Å². The molecule has 2 amide bonds. The summed E-state index contributed by atoms with van der Waals surface area (Å²) in [5.41, 5.74) is -0.154. The van der Waals surface area contributed by atoms with Crippen LogP contribution in [0.4, 0.5) is 0 Å². The predicted octanol–water partition coefficient (Wildman–Crippen LogP) is 0.899. The molecule has 1 aromatic carbocycles. The van der Waals surface area contributed by atoms with Gasteiger partial charge in [-0.25, -0.2) is 0 Å². The summed E-state index contributed by atoms with van der Waals surface area (Å²) in [7, 11) is 0. The number of amides is 2. The highest BCUT2D eigenvalue weighted by Gasteiger charge is 2.62. The standard InChI is InChI=1S/C14H15NO3/c1-14(8-16,9-5-3-2-4-6-9)15-12(17)10-7-11(10)13(15)18/h2-6,10-11,16H,7-8H2,1H3. The van der Waals surface area contributed by atoms with Gasteiger partial charge in [-0.2, -0.15) is 0 Å². The first-order valence-corrected chi connectivity index (χ1v) is 6.14. The van der Waals surface area contributed by atoms with Gasteiger partial charge in [0.2, 0.25) is 11.8 Å². The Kier molecular flexibility index (Phi) is 2.32. The van der Waals surface area contributed by atoms with E-state index in [1.165, 1.54) is 4.90 Å². The summed E-state index contributed by atoms with van der Waals surface area (Å²) >= 11 is 0. The van der Waals surface area contributed by atoms with Gasteiger partial charge in [0.25, 0.3) is 0 Å². The van der Waals surface area contributed by atoms with E-state index in [4.69, 9.17) is 0 Å². The number of carbonyl (C=O) groups excluding carboxylic acids is 2. The topological polar surface area (TPSA) is 57.6 Å². The number of fused-ring (bicyclic) bond motifs is 1. The van der Waals surface area contributed by atoms with Gasteiger partial charge in [-0.05, 0) is 18.9 Å². The van der Waals surface area contributed by atoms with E-state index in [0.717, 1.165) is 5.56 Å². The lowest BCUT2D eigenvalue weighted by Crippen LogP contribution is -2.51. The monoisotopic (exact) mass is 245 g/mol. The molecule has 0 radical (unpaired) electrons. The molecule has 18 heavy (non-hydrogen) atoms. The molecule has 3 rings (SSSR count). The third-order valence-corrected chi connectivity index (χ3v) is 4.06. The Morgan fingerprint density at radius 3 is 2.28 bits per heavy atom. The van der Waals surface area contributed by atoms with Crippen molar-refractivity contribution in [3.63, 3.8) is 0 Å². The minimum Gasteiger partial charge on any atom is -0.394 e. The Morgan fingerprint density at radius 2 is 1.78 bits per heavy atom. The summed E-state index contributed by atoms with van der Waals surface area (Å²) in [6.45, 7) is 1.48. The fourth-order valence-electron chi connectivity index (χ4n) is 2.76. The first-order valence-electron chi connectivity index (χ1n) is 6.14. The van der Waals surface area contributed by atoms with Gasteiger partial charge in [-0.15, -0.1) is 0 Å². The molecule has 0 aromatic heterocycles. The number of carbonyl (C=O) groups is 2. The van der Waals surface area contributed by atoms with Gasteiger partial charge in [0, 0.05) is 0 Å². The fraction of sp³-hybridized carbons (Fsp3) is 0.429. The number of nitrogens with zero attached hydrogens (tertiary/aromatic N) is 1. The molecule has 2 fully saturated rings. The number of imide groups is 1. The normalized spacial score (nSPS) is 29.1. The Morgan fingerprint density at radius 1 is 1.22 bits per heavy atom. The van der Waals surface area contributed by atoms with Gasteiger partial charge < -0.3 is 5.11 Å². The molecule has 2 aliphatic rings. The van der Waals surface area contributed by atoms with Gasteiger partial charge in [0.1, 0.15) is 0 Å². The van der Waals surface area contributed by atoms with Crippen LogP contribution in [0.15, 0.2) is 30.3 Å². The van der Waals surface area contributed by atoms with Crippen molar-refractivity contribution in [1.29, 1.82) is 0 Å². The second kappa shape index (κ2) is 3.65. The van der Waals surface area contributed by atoms with Gasteiger partial charge in [-0.1, -0.05) is 30.3 Å². The summed E-state index contributed by atoms with van der Waals surface area (Å²) in [6, 6.07) is 9.22. The maximum absolute atomic E-state index is 12.1. The molecule has 0 spiro atoms. The van der Waals surface area contributed by atoms with Crippen molar-refractivity contribution in [3.05, 3.63) is 35.9 Å². The first kappa shape index (κ1) is 11.4. The minimum absolute atomic E-state index is 0.132. The van der Waals surface area contributed by atoms with Gasteiger partial charge in [0.15, 0.2) is 0 Å². The average molecular weight is 245 g/mol. The predicted molar refractivity (Wildman–Crippen MR) is 64.3 cm³/mol. The van der Waals surface area contributed by atoms with Crippen LogP contribution in [-0.4, -0.2) is 28.4 Å². The molecule has 1 saturated heterocycles. The Hall–Kier alpha value is -1.68. The summed E-state index contributed by atoms with van der Waals surface area (Å²) in [5, 5.41) is 9.69. The summed E-state index contributed by atoms with van der Waals surface area (Å²) in [5.74, 6) is -0.532. The van der Waals surface area contributed by atoms with E-state index >= 15 is 0 Å². The third kappa shape index (κ3) is 1.35. The lowest BCUT2D eigenvalue weighted by Gasteiger charge is -2.37. The number of hydrogen-bond acceptors (Lipinski definition) is 3. The molecule has 94 valence electrons. The number of piperidine rings is 1. The SMILES string of the molecule is CC(CO)(c1ccccc1)N1C(=O)C2CC2C1=O. The van der Waals surface area contributed by atoms with Crippen molar-refractivity contribution in [2.24, 2.45) is 11.8 Å². The lowest BCUT2D eigenvalue weighted by molar-refractivity contribution is -0.150. The highest BCUT2D eigenvalue weighted by atomic mass is 16.3. The average Bonchev–Trinajstić information content (AvgIpc) is 3.15. The van der Waals surface area contributed by atoms with Crippen LogP contribution in [0, 0.1) is 11.8 Å².